The zero-order chi connectivity index (χ0) is 19.4. The van der Waals surface area contributed by atoms with Crippen LogP contribution < -0.4 is 14.8 Å². The van der Waals surface area contributed by atoms with Gasteiger partial charge in [-0.05, 0) is 35.9 Å². The summed E-state index contributed by atoms with van der Waals surface area (Å²) < 4.78 is 12.1. The van der Waals surface area contributed by atoms with Crippen molar-refractivity contribution in [3.05, 3.63) is 69.8 Å². The molecule has 1 heterocycles. The van der Waals surface area contributed by atoms with Gasteiger partial charge in [-0.3, -0.25) is 4.79 Å². The fourth-order valence-corrected chi connectivity index (χ4v) is 3.02. The largest absolute Gasteiger partial charge is 0.497 e. The van der Waals surface area contributed by atoms with E-state index in [4.69, 9.17) is 32.7 Å². The summed E-state index contributed by atoms with van der Waals surface area (Å²) in [4.78, 5) is 12.7. The number of amides is 1. The number of anilines is 1. The average Bonchev–Trinajstić information content (AvgIpc) is 3.10. The Hall–Kier alpha value is -2.70. The first-order valence-electron chi connectivity index (χ1n) is 8.01. The number of hydrogen-bond acceptors (Lipinski definition) is 4. The highest BCUT2D eigenvalue weighted by Crippen LogP contribution is 2.26. The summed E-state index contributed by atoms with van der Waals surface area (Å²) in [6.45, 7) is 0.383. The third-order valence-electron chi connectivity index (χ3n) is 3.94. The highest BCUT2D eigenvalue weighted by Gasteiger charge is 2.16. The SMILES string of the molecule is COc1ccc(OC)c(C(=O)Nc2ccnn2Cc2ccc(Cl)cc2Cl)c1. The minimum atomic E-state index is -0.338. The zero-order valence-electron chi connectivity index (χ0n) is 14.7. The van der Waals surface area contributed by atoms with Crippen molar-refractivity contribution in [3.8, 4) is 11.5 Å². The number of carbonyl (C=O) groups excluding carboxylic acids is 1. The smallest absolute Gasteiger partial charge is 0.260 e. The van der Waals surface area contributed by atoms with E-state index in [9.17, 15) is 4.79 Å². The van der Waals surface area contributed by atoms with Crippen LogP contribution >= 0.6 is 23.2 Å². The Balaban J connectivity index is 1.83. The molecule has 6 nitrogen and oxygen atoms in total. The highest BCUT2D eigenvalue weighted by atomic mass is 35.5. The topological polar surface area (TPSA) is 65.4 Å². The van der Waals surface area contributed by atoms with Gasteiger partial charge in [0.15, 0.2) is 0 Å². The van der Waals surface area contributed by atoms with E-state index in [1.807, 2.05) is 6.07 Å². The lowest BCUT2D eigenvalue weighted by molar-refractivity contribution is 0.102. The number of nitrogens with one attached hydrogen (secondary N) is 1. The first-order chi connectivity index (χ1) is 13.0. The molecular weight excluding hydrogens is 389 g/mol. The molecule has 1 amide bonds. The quantitative estimate of drug-likeness (QED) is 0.655. The van der Waals surface area contributed by atoms with Crippen LogP contribution in [0.2, 0.25) is 10.0 Å². The molecule has 140 valence electrons. The highest BCUT2D eigenvalue weighted by molar-refractivity contribution is 6.35. The maximum absolute atomic E-state index is 12.7. The Morgan fingerprint density at radius 2 is 1.93 bits per heavy atom. The molecule has 0 unspecified atom stereocenters. The molecule has 3 rings (SSSR count). The second-order valence-electron chi connectivity index (χ2n) is 5.63. The van der Waals surface area contributed by atoms with E-state index in [-0.39, 0.29) is 5.91 Å². The van der Waals surface area contributed by atoms with Crippen molar-refractivity contribution in [2.24, 2.45) is 0 Å². The predicted molar refractivity (Wildman–Crippen MR) is 105 cm³/mol. The molecular formula is C19H17Cl2N3O3. The monoisotopic (exact) mass is 405 g/mol. The van der Waals surface area contributed by atoms with Crippen molar-refractivity contribution in [2.75, 3.05) is 19.5 Å². The molecule has 0 aliphatic carbocycles. The van der Waals surface area contributed by atoms with E-state index in [0.717, 1.165) is 5.56 Å². The maximum atomic E-state index is 12.7. The van der Waals surface area contributed by atoms with Gasteiger partial charge in [0, 0.05) is 16.1 Å². The number of nitrogens with zero attached hydrogens (tertiary/aromatic N) is 2. The minimum Gasteiger partial charge on any atom is -0.497 e. The van der Waals surface area contributed by atoms with Crippen LogP contribution in [0.15, 0.2) is 48.7 Å². The molecule has 0 spiro atoms. The summed E-state index contributed by atoms with van der Waals surface area (Å²) >= 11 is 12.2. The number of aromatic nitrogens is 2. The molecule has 0 fully saturated rings. The van der Waals surface area contributed by atoms with Crippen LogP contribution in [0.4, 0.5) is 5.82 Å². The van der Waals surface area contributed by atoms with Crippen molar-refractivity contribution in [1.82, 2.24) is 9.78 Å². The van der Waals surface area contributed by atoms with Gasteiger partial charge in [0.2, 0.25) is 0 Å². The molecule has 1 aromatic heterocycles. The Kier molecular flexibility index (Phi) is 5.88. The lowest BCUT2D eigenvalue weighted by atomic mass is 10.1. The lowest BCUT2D eigenvalue weighted by Gasteiger charge is -2.13. The van der Waals surface area contributed by atoms with E-state index in [0.29, 0.717) is 39.5 Å². The van der Waals surface area contributed by atoms with E-state index >= 15 is 0 Å². The fourth-order valence-electron chi connectivity index (χ4n) is 2.55. The molecule has 0 saturated carbocycles. The summed E-state index contributed by atoms with van der Waals surface area (Å²) in [6, 6.07) is 12.0. The van der Waals surface area contributed by atoms with Crippen LogP contribution in [0, 0.1) is 0 Å². The average molecular weight is 406 g/mol. The lowest BCUT2D eigenvalue weighted by Crippen LogP contribution is -2.17. The molecule has 3 aromatic rings. The predicted octanol–water partition coefficient (Wildman–Crippen LogP) is 4.51. The first kappa shape index (κ1) is 19.1. The molecule has 1 N–H and O–H groups in total. The van der Waals surface area contributed by atoms with Gasteiger partial charge in [-0.25, -0.2) is 4.68 Å². The molecule has 0 bridgehead atoms. The Bertz CT molecular complexity index is 973. The van der Waals surface area contributed by atoms with Crippen molar-refractivity contribution in [3.63, 3.8) is 0 Å². The number of rotatable bonds is 6. The van der Waals surface area contributed by atoms with Crippen LogP contribution in [0.5, 0.6) is 11.5 Å². The van der Waals surface area contributed by atoms with Gasteiger partial charge in [0.1, 0.15) is 17.3 Å². The van der Waals surface area contributed by atoms with Crippen molar-refractivity contribution in [2.45, 2.75) is 6.54 Å². The molecule has 8 heteroatoms. The van der Waals surface area contributed by atoms with Crippen LogP contribution in [0.3, 0.4) is 0 Å². The van der Waals surface area contributed by atoms with Crippen molar-refractivity contribution >= 4 is 34.9 Å². The number of methoxy groups -OCH3 is 2. The Morgan fingerprint density at radius 3 is 2.63 bits per heavy atom. The summed E-state index contributed by atoms with van der Waals surface area (Å²) in [7, 11) is 3.04. The van der Waals surface area contributed by atoms with E-state index in [1.165, 1.54) is 14.2 Å². The molecule has 0 atom stereocenters. The summed E-state index contributed by atoms with van der Waals surface area (Å²) in [5.41, 5.74) is 1.19. The Morgan fingerprint density at radius 1 is 1.11 bits per heavy atom. The van der Waals surface area contributed by atoms with Gasteiger partial charge in [-0.2, -0.15) is 5.10 Å². The van der Waals surface area contributed by atoms with E-state index in [2.05, 4.69) is 10.4 Å². The Labute approximate surface area is 166 Å². The van der Waals surface area contributed by atoms with Gasteiger partial charge in [0.05, 0.1) is 32.5 Å². The standard InChI is InChI=1S/C19H17Cl2N3O3/c1-26-14-5-6-17(27-2)15(10-14)19(25)23-18-7-8-22-24(18)11-12-3-4-13(20)9-16(12)21/h3-10H,11H2,1-2H3,(H,23,25). The number of benzene rings is 2. The minimum absolute atomic E-state index is 0.338. The normalized spacial score (nSPS) is 10.5. The van der Waals surface area contributed by atoms with Crippen LogP contribution in [-0.2, 0) is 6.54 Å². The van der Waals surface area contributed by atoms with Gasteiger partial charge in [-0.1, -0.05) is 29.3 Å². The summed E-state index contributed by atoms with van der Waals surface area (Å²) in [6.07, 6.45) is 1.60. The van der Waals surface area contributed by atoms with E-state index in [1.54, 1.807) is 47.3 Å². The number of ether oxygens (including phenoxy) is 2. The summed E-state index contributed by atoms with van der Waals surface area (Å²) in [5.74, 6) is 1.19. The summed E-state index contributed by atoms with van der Waals surface area (Å²) in [5, 5.41) is 8.18. The zero-order valence-corrected chi connectivity index (χ0v) is 16.2. The fraction of sp³-hybridized carbons (Fsp3) is 0.158. The third-order valence-corrected chi connectivity index (χ3v) is 4.53. The van der Waals surface area contributed by atoms with Crippen molar-refractivity contribution in [1.29, 1.82) is 0 Å². The van der Waals surface area contributed by atoms with Gasteiger partial charge in [-0.15, -0.1) is 0 Å². The van der Waals surface area contributed by atoms with Crippen molar-refractivity contribution < 1.29 is 14.3 Å². The molecule has 0 radical (unpaired) electrons. The van der Waals surface area contributed by atoms with Crippen LogP contribution in [0.25, 0.3) is 0 Å². The molecule has 0 aliphatic heterocycles. The maximum Gasteiger partial charge on any atom is 0.260 e. The molecule has 0 aliphatic rings. The number of carbonyl (C=O) groups is 1. The number of hydrogen-bond donors (Lipinski definition) is 1. The van der Waals surface area contributed by atoms with E-state index < -0.39 is 0 Å². The van der Waals surface area contributed by atoms with Gasteiger partial charge in [0.25, 0.3) is 5.91 Å². The van der Waals surface area contributed by atoms with Gasteiger partial charge < -0.3 is 14.8 Å². The molecule has 0 saturated heterocycles. The van der Waals surface area contributed by atoms with Gasteiger partial charge >= 0.3 is 0 Å². The third kappa shape index (κ3) is 4.35. The molecule has 27 heavy (non-hydrogen) atoms. The van der Waals surface area contributed by atoms with Crippen LogP contribution in [-0.4, -0.2) is 29.9 Å². The second-order valence-corrected chi connectivity index (χ2v) is 6.47. The first-order valence-corrected chi connectivity index (χ1v) is 8.76. The second kappa shape index (κ2) is 8.33. The van der Waals surface area contributed by atoms with Crippen LogP contribution in [0.1, 0.15) is 15.9 Å². The number of halogens is 2. The molecule has 2 aromatic carbocycles.